The van der Waals surface area contributed by atoms with Crippen molar-refractivity contribution in [1.29, 1.82) is 0 Å². The highest BCUT2D eigenvalue weighted by Gasteiger charge is 2.28. The van der Waals surface area contributed by atoms with E-state index in [9.17, 15) is 14.7 Å². The summed E-state index contributed by atoms with van der Waals surface area (Å²) in [6, 6.07) is 7.34. The van der Waals surface area contributed by atoms with Crippen molar-refractivity contribution in [2.75, 3.05) is 6.61 Å². The molecule has 0 saturated heterocycles. The molecule has 3 N–H and O–H groups in total. The van der Waals surface area contributed by atoms with E-state index < -0.39 is 5.91 Å². The maximum absolute atomic E-state index is 12.5. The van der Waals surface area contributed by atoms with Crippen molar-refractivity contribution in [3.63, 3.8) is 0 Å². The normalized spacial score (nSPS) is 17.5. The Labute approximate surface area is 181 Å². The monoisotopic (exact) mass is 421 g/mol. The Hall–Kier alpha value is -3.35. The number of benzene rings is 1. The predicted octanol–water partition coefficient (Wildman–Crippen LogP) is 3.63. The van der Waals surface area contributed by atoms with Crippen LogP contribution in [-0.4, -0.2) is 28.5 Å². The SMILES string of the molecule is CCCOc1cnc(CNC=C2C(=O)NC(=O)c3ccc(C4CCCC4)cc32)cc1O. The van der Waals surface area contributed by atoms with E-state index in [2.05, 4.69) is 15.6 Å². The number of amides is 2. The third-order valence-corrected chi connectivity index (χ3v) is 5.77. The van der Waals surface area contributed by atoms with E-state index >= 15 is 0 Å². The largest absolute Gasteiger partial charge is 0.504 e. The van der Waals surface area contributed by atoms with Gasteiger partial charge in [0.05, 0.1) is 30.6 Å². The Morgan fingerprint density at radius 1 is 1.19 bits per heavy atom. The number of nitrogens with zero attached hydrogens (tertiary/aromatic N) is 1. The second kappa shape index (κ2) is 9.20. The number of hydrogen-bond donors (Lipinski definition) is 3. The minimum absolute atomic E-state index is 0.0282. The lowest BCUT2D eigenvalue weighted by molar-refractivity contribution is -0.114. The molecule has 0 bridgehead atoms. The van der Waals surface area contributed by atoms with Crippen LogP contribution < -0.4 is 15.4 Å². The molecule has 162 valence electrons. The van der Waals surface area contributed by atoms with Crippen LogP contribution in [0.25, 0.3) is 5.57 Å². The molecule has 0 unspecified atom stereocenters. The summed E-state index contributed by atoms with van der Waals surface area (Å²) in [6.45, 7) is 2.80. The Kier molecular flexibility index (Phi) is 6.21. The summed E-state index contributed by atoms with van der Waals surface area (Å²) in [5.74, 6) is 0.0697. The van der Waals surface area contributed by atoms with Gasteiger partial charge in [-0.05, 0) is 42.9 Å². The molecule has 1 saturated carbocycles. The predicted molar refractivity (Wildman–Crippen MR) is 117 cm³/mol. The summed E-state index contributed by atoms with van der Waals surface area (Å²) in [7, 11) is 0. The van der Waals surface area contributed by atoms with Crippen molar-refractivity contribution >= 4 is 17.4 Å². The number of imide groups is 1. The van der Waals surface area contributed by atoms with Crippen LogP contribution in [0.4, 0.5) is 0 Å². The molecule has 7 heteroatoms. The molecule has 1 aromatic heterocycles. The summed E-state index contributed by atoms with van der Waals surface area (Å²) in [5.41, 5.74) is 3.36. The van der Waals surface area contributed by atoms with Gasteiger partial charge in [0.2, 0.25) is 0 Å². The van der Waals surface area contributed by atoms with Gasteiger partial charge >= 0.3 is 0 Å². The molecule has 1 aromatic carbocycles. The summed E-state index contributed by atoms with van der Waals surface area (Å²) in [6.07, 6.45) is 8.65. The summed E-state index contributed by atoms with van der Waals surface area (Å²) in [5, 5.41) is 15.6. The Bertz CT molecular complexity index is 1030. The summed E-state index contributed by atoms with van der Waals surface area (Å²) < 4.78 is 5.43. The first-order chi connectivity index (χ1) is 15.1. The van der Waals surface area contributed by atoms with E-state index in [1.807, 2.05) is 25.1 Å². The van der Waals surface area contributed by atoms with Crippen LogP contribution in [0.2, 0.25) is 0 Å². The Morgan fingerprint density at radius 3 is 2.74 bits per heavy atom. The average molecular weight is 421 g/mol. The second-order valence-corrected chi connectivity index (χ2v) is 8.00. The highest BCUT2D eigenvalue weighted by Crippen LogP contribution is 2.36. The van der Waals surface area contributed by atoms with Crippen LogP contribution in [0.5, 0.6) is 11.5 Å². The maximum Gasteiger partial charge on any atom is 0.260 e. The molecule has 1 aliphatic carbocycles. The summed E-state index contributed by atoms with van der Waals surface area (Å²) >= 11 is 0. The lowest BCUT2D eigenvalue weighted by Gasteiger charge is -2.21. The van der Waals surface area contributed by atoms with E-state index in [0.29, 0.717) is 47.2 Å². The van der Waals surface area contributed by atoms with Crippen molar-refractivity contribution in [1.82, 2.24) is 15.6 Å². The van der Waals surface area contributed by atoms with Crippen LogP contribution >= 0.6 is 0 Å². The number of fused-ring (bicyclic) bond motifs is 1. The molecule has 1 aliphatic heterocycles. The van der Waals surface area contributed by atoms with E-state index in [1.54, 1.807) is 6.20 Å². The molecular formula is C24H27N3O4. The highest BCUT2D eigenvalue weighted by atomic mass is 16.5. The first-order valence-electron chi connectivity index (χ1n) is 10.8. The van der Waals surface area contributed by atoms with Crippen LogP contribution in [0.3, 0.4) is 0 Å². The van der Waals surface area contributed by atoms with Gasteiger partial charge in [-0.1, -0.05) is 25.8 Å². The number of rotatable bonds is 7. The van der Waals surface area contributed by atoms with Gasteiger partial charge in [-0.15, -0.1) is 0 Å². The van der Waals surface area contributed by atoms with Crippen LogP contribution in [0, 0.1) is 0 Å². The number of ether oxygens (including phenoxy) is 1. The van der Waals surface area contributed by atoms with Gasteiger partial charge in [-0.3, -0.25) is 19.9 Å². The average Bonchev–Trinajstić information content (AvgIpc) is 3.30. The number of hydrogen-bond acceptors (Lipinski definition) is 6. The third kappa shape index (κ3) is 4.55. The minimum Gasteiger partial charge on any atom is -0.504 e. The zero-order valence-electron chi connectivity index (χ0n) is 17.6. The van der Waals surface area contributed by atoms with E-state index in [1.165, 1.54) is 30.7 Å². The Balaban J connectivity index is 1.53. The molecule has 0 radical (unpaired) electrons. The molecule has 2 heterocycles. The van der Waals surface area contributed by atoms with Crippen molar-refractivity contribution < 1.29 is 19.4 Å². The fourth-order valence-electron chi connectivity index (χ4n) is 4.15. The van der Waals surface area contributed by atoms with Crippen molar-refractivity contribution in [3.05, 3.63) is 59.0 Å². The van der Waals surface area contributed by atoms with Crippen LogP contribution in [0.15, 0.2) is 36.7 Å². The molecular weight excluding hydrogens is 394 g/mol. The molecule has 0 spiro atoms. The van der Waals surface area contributed by atoms with Gasteiger partial charge in [0.15, 0.2) is 11.5 Å². The fourth-order valence-corrected chi connectivity index (χ4v) is 4.15. The molecule has 1 fully saturated rings. The minimum atomic E-state index is -0.423. The molecule has 2 aromatic rings. The zero-order chi connectivity index (χ0) is 21.8. The van der Waals surface area contributed by atoms with Gasteiger partial charge in [0.25, 0.3) is 11.8 Å². The number of aromatic hydroxyl groups is 1. The quantitative estimate of drug-likeness (QED) is 0.466. The standard InChI is InChI=1S/C24H27N3O4/c1-2-9-31-22-14-26-17(11-21(22)28)12-25-13-20-19-10-16(15-5-3-4-6-15)7-8-18(19)23(29)27-24(20)30/h7-8,10-11,13-15,25H,2-6,9,12H2,1H3,(H,26,28)(H,27,29,30). The number of carbonyl (C=O) groups excluding carboxylic acids is 2. The smallest absolute Gasteiger partial charge is 0.260 e. The first kappa shape index (κ1) is 20.9. The molecule has 2 amide bonds. The van der Waals surface area contributed by atoms with Gasteiger partial charge < -0.3 is 15.2 Å². The lowest BCUT2D eigenvalue weighted by Crippen LogP contribution is -2.37. The molecule has 4 rings (SSSR count). The van der Waals surface area contributed by atoms with Gasteiger partial charge in [0, 0.05) is 23.4 Å². The second-order valence-electron chi connectivity index (χ2n) is 8.00. The maximum atomic E-state index is 12.5. The van der Waals surface area contributed by atoms with Crippen LogP contribution in [-0.2, 0) is 11.3 Å². The first-order valence-corrected chi connectivity index (χ1v) is 10.8. The molecule has 2 aliphatic rings. The van der Waals surface area contributed by atoms with E-state index in [-0.39, 0.29) is 11.7 Å². The fraction of sp³-hybridized carbons (Fsp3) is 0.375. The van der Waals surface area contributed by atoms with E-state index in [4.69, 9.17) is 4.74 Å². The highest BCUT2D eigenvalue weighted by molar-refractivity contribution is 6.31. The molecule has 7 nitrogen and oxygen atoms in total. The zero-order valence-corrected chi connectivity index (χ0v) is 17.6. The topological polar surface area (TPSA) is 101 Å². The Morgan fingerprint density at radius 2 is 2.00 bits per heavy atom. The molecule has 0 atom stereocenters. The molecule has 31 heavy (non-hydrogen) atoms. The van der Waals surface area contributed by atoms with Crippen molar-refractivity contribution in [3.8, 4) is 11.5 Å². The van der Waals surface area contributed by atoms with Gasteiger partial charge in [0.1, 0.15) is 0 Å². The van der Waals surface area contributed by atoms with Crippen LogP contribution in [0.1, 0.15) is 72.1 Å². The van der Waals surface area contributed by atoms with Crippen molar-refractivity contribution in [2.45, 2.75) is 51.5 Å². The lowest BCUT2D eigenvalue weighted by atomic mass is 9.89. The number of pyridine rings is 1. The van der Waals surface area contributed by atoms with Crippen molar-refractivity contribution in [2.24, 2.45) is 0 Å². The van der Waals surface area contributed by atoms with Gasteiger partial charge in [-0.25, -0.2) is 0 Å². The number of carbonyl (C=O) groups is 2. The number of nitrogens with one attached hydrogen (secondary N) is 2. The number of aromatic nitrogens is 1. The van der Waals surface area contributed by atoms with Gasteiger partial charge in [-0.2, -0.15) is 0 Å². The van der Waals surface area contributed by atoms with E-state index in [0.717, 1.165) is 19.3 Å². The summed E-state index contributed by atoms with van der Waals surface area (Å²) in [4.78, 5) is 29.1. The third-order valence-electron chi connectivity index (χ3n) is 5.77.